The van der Waals surface area contributed by atoms with Crippen molar-refractivity contribution >= 4 is 39.6 Å². The Morgan fingerprint density at radius 2 is 0.955 bits per heavy atom. The number of rotatable bonds is 3. The molecule has 44 heavy (non-hydrogen) atoms. The van der Waals surface area contributed by atoms with Crippen molar-refractivity contribution in [2.45, 2.75) is 27.7 Å². The quantitative estimate of drug-likeness (QED) is 0.211. The van der Waals surface area contributed by atoms with Crippen LogP contribution in [-0.2, 0) is 0 Å². The van der Waals surface area contributed by atoms with Gasteiger partial charge in [0.05, 0.1) is 33.8 Å². The molecule has 6 heteroatoms. The van der Waals surface area contributed by atoms with Gasteiger partial charge in [-0.25, -0.2) is 9.97 Å². The number of pyridine rings is 2. The Balaban J connectivity index is 1.46. The first-order chi connectivity index (χ1) is 21.5. The lowest BCUT2D eigenvalue weighted by Crippen LogP contribution is -2.24. The largest absolute Gasteiger partial charge is 0.276 e. The molecule has 2 aliphatic rings. The van der Waals surface area contributed by atoms with E-state index in [1.54, 1.807) is 0 Å². The Kier molecular flexibility index (Phi) is 5.91. The van der Waals surface area contributed by atoms with Crippen LogP contribution in [0.1, 0.15) is 33.4 Å². The summed E-state index contributed by atoms with van der Waals surface area (Å²) in [5.74, 6) is 2.58. The molecule has 1 aliphatic heterocycles. The molecule has 0 amide bonds. The van der Waals surface area contributed by atoms with Crippen molar-refractivity contribution in [1.29, 1.82) is 0 Å². The second kappa shape index (κ2) is 9.99. The number of aryl methyl sites for hydroxylation is 4. The summed E-state index contributed by atoms with van der Waals surface area (Å²) in [4.78, 5) is 24.5. The number of benzene rings is 3. The summed E-state index contributed by atoms with van der Waals surface area (Å²) in [6, 6.07) is 29.2. The molecule has 8 rings (SSSR count). The molecular weight excluding hydrogens is 540 g/mol. The molecule has 0 fully saturated rings. The summed E-state index contributed by atoms with van der Waals surface area (Å²) >= 11 is 0. The van der Waals surface area contributed by atoms with Crippen molar-refractivity contribution in [2.75, 3.05) is 9.80 Å². The molecule has 0 unspecified atom stereocenters. The maximum Gasteiger partial charge on any atom is 0.183 e. The summed E-state index contributed by atoms with van der Waals surface area (Å²) in [6.45, 7) is 8.65. The van der Waals surface area contributed by atoms with Crippen molar-refractivity contribution in [3.8, 4) is 11.4 Å². The molecule has 0 spiro atoms. The summed E-state index contributed by atoms with van der Waals surface area (Å²) in [7, 11) is 0. The molecule has 3 aromatic carbocycles. The second-order valence-corrected chi connectivity index (χ2v) is 11.4. The first kappa shape index (κ1) is 26.0. The van der Waals surface area contributed by atoms with Gasteiger partial charge in [0.25, 0.3) is 0 Å². The minimum absolute atomic E-state index is 0.809. The number of para-hydroxylation sites is 4. The van der Waals surface area contributed by atoms with Gasteiger partial charge >= 0.3 is 0 Å². The maximum atomic E-state index is 5.27. The predicted octanol–water partition coefficient (Wildman–Crippen LogP) is 8.90. The maximum absolute atomic E-state index is 5.27. The van der Waals surface area contributed by atoms with E-state index in [-0.39, 0.29) is 0 Å². The van der Waals surface area contributed by atoms with E-state index in [0.29, 0.717) is 0 Å². The van der Waals surface area contributed by atoms with Crippen LogP contribution >= 0.6 is 0 Å². The Labute approximate surface area is 256 Å². The Hall–Kier alpha value is -5.62. The van der Waals surface area contributed by atoms with Crippen LogP contribution in [0.25, 0.3) is 28.0 Å². The van der Waals surface area contributed by atoms with Crippen LogP contribution in [0.3, 0.4) is 0 Å². The number of hydrogen-bond acceptors (Lipinski definition) is 6. The highest BCUT2D eigenvalue weighted by molar-refractivity contribution is 6.00. The van der Waals surface area contributed by atoms with Crippen LogP contribution < -0.4 is 9.80 Å². The van der Waals surface area contributed by atoms with Gasteiger partial charge in [-0.3, -0.25) is 19.8 Å². The molecule has 1 aliphatic carbocycles. The molecule has 6 aromatic rings. The molecule has 0 radical (unpaired) electrons. The van der Waals surface area contributed by atoms with Crippen molar-refractivity contribution in [3.05, 3.63) is 149 Å². The van der Waals surface area contributed by atoms with Crippen LogP contribution in [0.2, 0.25) is 0 Å². The molecule has 0 N–H and O–H groups in total. The van der Waals surface area contributed by atoms with E-state index >= 15 is 0 Å². The van der Waals surface area contributed by atoms with Crippen LogP contribution in [0, 0.1) is 27.7 Å². The smallest absolute Gasteiger partial charge is 0.183 e. The third-order valence-corrected chi connectivity index (χ3v) is 8.56. The topological polar surface area (TPSA) is 58.0 Å². The van der Waals surface area contributed by atoms with E-state index in [1.807, 2.05) is 48.8 Å². The van der Waals surface area contributed by atoms with Crippen molar-refractivity contribution in [3.63, 3.8) is 0 Å². The molecule has 0 saturated heterocycles. The van der Waals surface area contributed by atoms with Crippen molar-refractivity contribution in [2.24, 2.45) is 0 Å². The highest BCUT2D eigenvalue weighted by Gasteiger charge is 2.39. The lowest BCUT2D eigenvalue weighted by molar-refractivity contribution is 1.08. The van der Waals surface area contributed by atoms with Gasteiger partial charge in [-0.15, -0.1) is 0 Å². The Bertz CT molecular complexity index is 2010. The standard InChI is InChI=1S/C38H30N6/c1-23-11-7-12-24(2)35(23)43-32(20-19-27-28-15-9-21-39-33(28)34-29(27)16-10-22-40-34)44(36-25(3)13-8-14-26(36)4)38-37(43)41-30-17-5-6-18-31(30)42-38/h5-22H,1-4H3. The highest BCUT2D eigenvalue weighted by Crippen LogP contribution is 2.51. The number of nitrogens with zero attached hydrogens (tertiary/aromatic N) is 6. The molecule has 0 atom stereocenters. The number of anilines is 4. The van der Waals surface area contributed by atoms with E-state index in [0.717, 1.165) is 90.2 Å². The molecule has 0 bridgehead atoms. The van der Waals surface area contributed by atoms with E-state index in [9.17, 15) is 0 Å². The lowest BCUT2D eigenvalue weighted by Gasteiger charge is -2.28. The first-order valence-corrected chi connectivity index (χ1v) is 14.8. The second-order valence-electron chi connectivity index (χ2n) is 11.4. The third-order valence-electron chi connectivity index (χ3n) is 8.56. The average molecular weight is 571 g/mol. The van der Waals surface area contributed by atoms with Gasteiger partial charge in [-0.05, 0) is 91.9 Å². The van der Waals surface area contributed by atoms with Crippen LogP contribution in [0.5, 0.6) is 0 Å². The van der Waals surface area contributed by atoms with E-state index in [4.69, 9.17) is 19.9 Å². The zero-order valence-corrected chi connectivity index (χ0v) is 25.1. The van der Waals surface area contributed by atoms with Gasteiger partial charge in [0.1, 0.15) is 5.82 Å². The fraction of sp³-hybridized carbons (Fsp3) is 0.105. The predicted molar refractivity (Wildman–Crippen MR) is 178 cm³/mol. The number of allylic oxidation sites excluding steroid dienone is 2. The van der Waals surface area contributed by atoms with Crippen LogP contribution in [-0.4, -0.2) is 19.9 Å². The fourth-order valence-corrected chi connectivity index (χ4v) is 6.61. The van der Waals surface area contributed by atoms with Gasteiger partial charge in [0.2, 0.25) is 0 Å². The summed E-state index contributed by atoms with van der Waals surface area (Å²) in [6.07, 6.45) is 8.08. The summed E-state index contributed by atoms with van der Waals surface area (Å²) in [5.41, 5.74) is 13.7. The third kappa shape index (κ3) is 3.88. The van der Waals surface area contributed by atoms with E-state index in [2.05, 4.69) is 98.2 Å². The number of fused-ring (bicyclic) bond motifs is 5. The lowest BCUT2D eigenvalue weighted by atomic mass is 10.0. The Morgan fingerprint density at radius 3 is 1.41 bits per heavy atom. The first-order valence-electron chi connectivity index (χ1n) is 14.8. The SMILES string of the molecule is Cc1cccc(C)c1N1C(=CC=C2c3cccnc3-c3ncccc32)N(c2c(C)cccc2C)c2nc3ccccc3nc21. The molecule has 6 nitrogen and oxygen atoms in total. The monoisotopic (exact) mass is 570 g/mol. The molecule has 0 saturated carbocycles. The van der Waals surface area contributed by atoms with Crippen molar-refractivity contribution < 1.29 is 0 Å². The van der Waals surface area contributed by atoms with Crippen LogP contribution in [0.15, 0.2) is 115 Å². The van der Waals surface area contributed by atoms with Gasteiger partial charge in [0, 0.05) is 23.5 Å². The summed E-state index contributed by atoms with van der Waals surface area (Å²) < 4.78 is 0. The zero-order chi connectivity index (χ0) is 29.9. The highest BCUT2D eigenvalue weighted by atomic mass is 15.5. The summed E-state index contributed by atoms with van der Waals surface area (Å²) in [5, 5.41) is 0. The molecule has 4 heterocycles. The molecular formula is C38H30N6. The van der Waals surface area contributed by atoms with E-state index in [1.165, 1.54) is 0 Å². The van der Waals surface area contributed by atoms with Crippen LogP contribution in [0.4, 0.5) is 23.0 Å². The van der Waals surface area contributed by atoms with Gasteiger partial charge in [0.15, 0.2) is 11.6 Å². The van der Waals surface area contributed by atoms with Gasteiger partial charge < -0.3 is 0 Å². The van der Waals surface area contributed by atoms with Gasteiger partial charge in [-0.2, -0.15) is 0 Å². The Morgan fingerprint density at radius 1 is 0.500 bits per heavy atom. The van der Waals surface area contributed by atoms with E-state index < -0.39 is 0 Å². The molecule has 3 aromatic heterocycles. The van der Waals surface area contributed by atoms with Crippen molar-refractivity contribution in [1.82, 2.24) is 19.9 Å². The number of aromatic nitrogens is 4. The minimum Gasteiger partial charge on any atom is -0.276 e. The fourth-order valence-electron chi connectivity index (χ4n) is 6.61. The average Bonchev–Trinajstić information content (AvgIpc) is 3.51. The number of hydrogen-bond donors (Lipinski definition) is 0. The molecule has 212 valence electrons. The minimum atomic E-state index is 0.809. The normalized spacial score (nSPS) is 13.3. The van der Waals surface area contributed by atoms with Gasteiger partial charge in [-0.1, -0.05) is 60.7 Å². The zero-order valence-electron chi connectivity index (χ0n) is 25.1.